The van der Waals surface area contributed by atoms with E-state index >= 15 is 0 Å². The normalized spacial score (nSPS) is 19.9. The Labute approximate surface area is 208 Å². The molecule has 3 aromatic rings. The molecule has 1 saturated heterocycles. The van der Waals surface area contributed by atoms with Crippen LogP contribution in [0.5, 0.6) is 5.75 Å². The van der Waals surface area contributed by atoms with E-state index in [0.717, 1.165) is 19.0 Å². The fourth-order valence-electron chi connectivity index (χ4n) is 5.02. The van der Waals surface area contributed by atoms with Crippen molar-refractivity contribution >= 4 is 45.6 Å². The summed E-state index contributed by atoms with van der Waals surface area (Å²) in [6, 6.07) is 8.51. The summed E-state index contributed by atoms with van der Waals surface area (Å²) in [4.78, 5) is 23.7. The molecule has 1 amide bonds. The third kappa shape index (κ3) is 5.09. The van der Waals surface area contributed by atoms with Gasteiger partial charge in [0.15, 0.2) is 0 Å². The Morgan fingerprint density at radius 2 is 2.11 bits per heavy atom. The van der Waals surface area contributed by atoms with Gasteiger partial charge in [0.05, 0.1) is 23.3 Å². The molecular formula is C26H27ClFN5O2. The number of hydrogen-bond donors (Lipinski definition) is 2. The summed E-state index contributed by atoms with van der Waals surface area (Å²) in [7, 11) is 1.54. The Bertz CT molecular complexity index is 1280. The lowest BCUT2D eigenvalue weighted by Crippen LogP contribution is -2.57. The van der Waals surface area contributed by atoms with Crippen molar-refractivity contribution in [3.63, 3.8) is 0 Å². The fraction of sp³-hybridized carbons (Fsp3) is 0.346. The summed E-state index contributed by atoms with van der Waals surface area (Å²) < 4.78 is 19.0. The van der Waals surface area contributed by atoms with Crippen molar-refractivity contribution in [3.8, 4) is 5.75 Å². The van der Waals surface area contributed by atoms with Crippen LogP contribution in [-0.2, 0) is 4.79 Å². The lowest BCUT2D eigenvalue weighted by Gasteiger charge is -2.50. The van der Waals surface area contributed by atoms with Crippen LogP contribution in [0.1, 0.15) is 25.7 Å². The summed E-state index contributed by atoms with van der Waals surface area (Å²) >= 11 is 5.91. The van der Waals surface area contributed by atoms with Crippen LogP contribution < -0.4 is 15.4 Å². The van der Waals surface area contributed by atoms with E-state index < -0.39 is 5.82 Å². The van der Waals surface area contributed by atoms with Gasteiger partial charge < -0.3 is 15.4 Å². The molecule has 1 aromatic heterocycles. The molecule has 182 valence electrons. The lowest BCUT2D eigenvalue weighted by atomic mass is 9.77. The molecule has 0 spiro atoms. The highest BCUT2D eigenvalue weighted by Gasteiger charge is 2.38. The van der Waals surface area contributed by atoms with E-state index in [1.807, 2.05) is 6.08 Å². The van der Waals surface area contributed by atoms with Crippen LogP contribution in [0.4, 0.5) is 21.6 Å². The number of carbonyl (C=O) groups excluding carboxylic acids is 1. The van der Waals surface area contributed by atoms with Crippen LogP contribution >= 0.6 is 11.6 Å². The van der Waals surface area contributed by atoms with Gasteiger partial charge >= 0.3 is 0 Å². The third-order valence-electron chi connectivity index (χ3n) is 6.81. The zero-order valence-electron chi connectivity index (χ0n) is 19.4. The molecule has 5 rings (SSSR count). The first-order valence-corrected chi connectivity index (χ1v) is 12.2. The van der Waals surface area contributed by atoms with Gasteiger partial charge in [0.2, 0.25) is 5.91 Å². The Morgan fingerprint density at radius 1 is 1.26 bits per heavy atom. The smallest absolute Gasteiger partial charge is 0.248 e. The number of rotatable bonds is 7. The molecule has 2 heterocycles. The van der Waals surface area contributed by atoms with Crippen LogP contribution in [0.25, 0.3) is 10.9 Å². The highest BCUT2D eigenvalue weighted by molar-refractivity contribution is 6.31. The molecular weight excluding hydrogens is 469 g/mol. The van der Waals surface area contributed by atoms with Crippen LogP contribution in [0.3, 0.4) is 0 Å². The molecule has 0 bridgehead atoms. The molecule has 2 aromatic carbocycles. The Morgan fingerprint density at radius 3 is 2.91 bits per heavy atom. The zero-order chi connectivity index (χ0) is 24.4. The molecule has 2 unspecified atom stereocenters. The molecule has 2 aliphatic rings. The average molecular weight is 496 g/mol. The van der Waals surface area contributed by atoms with E-state index in [0.29, 0.717) is 39.9 Å². The second-order valence-corrected chi connectivity index (χ2v) is 9.41. The molecule has 1 saturated carbocycles. The van der Waals surface area contributed by atoms with Crippen molar-refractivity contribution < 1.29 is 13.9 Å². The largest absolute Gasteiger partial charge is 0.494 e. The van der Waals surface area contributed by atoms with Gasteiger partial charge in [-0.05, 0) is 43.0 Å². The van der Waals surface area contributed by atoms with E-state index in [2.05, 4.69) is 25.5 Å². The van der Waals surface area contributed by atoms with Crippen molar-refractivity contribution in [2.75, 3.05) is 30.8 Å². The van der Waals surface area contributed by atoms with Crippen LogP contribution in [-0.4, -0.2) is 47.0 Å². The summed E-state index contributed by atoms with van der Waals surface area (Å²) in [5.74, 6) is 1.08. The van der Waals surface area contributed by atoms with Gasteiger partial charge in [-0.15, -0.1) is 0 Å². The monoisotopic (exact) mass is 495 g/mol. The average Bonchev–Trinajstić information content (AvgIpc) is 2.84. The number of benzene rings is 2. The van der Waals surface area contributed by atoms with Crippen molar-refractivity contribution in [2.24, 2.45) is 5.92 Å². The molecule has 35 heavy (non-hydrogen) atoms. The van der Waals surface area contributed by atoms with Crippen LogP contribution in [0.15, 0.2) is 48.8 Å². The molecule has 9 heteroatoms. The fourth-order valence-corrected chi connectivity index (χ4v) is 5.20. The maximum Gasteiger partial charge on any atom is 0.248 e. The van der Waals surface area contributed by atoms with Crippen molar-refractivity contribution in [2.45, 2.75) is 31.7 Å². The van der Waals surface area contributed by atoms with E-state index in [9.17, 15) is 9.18 Å². The Balaban J connectivity index is 1.31. The van der Waals surface area contributed by atoms with Gasteiger partial charge in [-0.25, -0.2) is 14.4 Å². The number of nitrogens with zero attached hydrogens (tertiary/aromatic N) is 3. The number of nitrogens with one attached hydrogen (secondary N) is 2. The van der Waals surface area contributed by atoms with Gasteiger partial charge in [0, 0.05) is 42.3 Å². The molecule has 2 fully saturated rings. The molecule has 1 aliphatic heterocycles. The number of ether oxygens (including phenoxy) is 1. The molecule has 2 atom stereocenters. The summed E-state index contributed by atoms with van der Waals surface area (Å²) in [5.41, 5.74) is 1.70. The number of likely N-dealkylation sites (tertiary alicyclic amines) is 1. The minimum Gasteiger partial charge on any atom is -0.494 e. The zero-order valence-corrected chi connectivity index (χ0v) is 20.2. The molecule has 2 N–H and O–H groups in total. The highest BCUT2D eigenvalue weighted by atomic mass is 35.5. The topological polar surface area (TPSA) is 79.4 Å². The van der Waals surface area contributed by atoms with Crippen LogP contribution in [0.2, 0.25) is 5.02 Å². The minimum atomic E-state index is -0.500. The maximum atomic E-state index is 13.5. The van der Waals surface area contributed by atoms with E-state index in [1.165, 1.54) is 51.3 Å². The number of amides is 1. The first kappa shape index (κ1) is 23.5. The van der Waals surface area contributed by atoms with E-state index in [-0.39, 0.29) is 10.9 Å². The quantitative estimate of drug-likeness (QED) is 0.419. The predicted octanol–water partition coefficient (Wildman–Crippen LogP) is 5.54. The standard InChI is InChI=1S/C26H27ClFN5O2/c1-35-24-13-21-18(26(30-15-29-21)31-17-8-9-20(28)19(27)11-17)12-22(24)32-25(34)7-4-10-33-14-16-5-2-3-6-23(16)33/h4,7-9,11-13,15-16,23H,2-3,5-6,10,14H2,1H3,(H,32,34)(H,29,30,31)/b7-4+. The second-order valence-electron chi connectivity index (χ2n) is 9.00. The first-order chi connectivity index (χ1) is 17.0. The van der Waals surface area contributed by atoms with Gasteiger partial charge in [-0.3, -0.25) is 9.69 Å². The van der Waals surface area contributed by atoms with Gasteiger partial charge in [0.25, 0.3) is 0 Å². The van der Waals surface area contributed by atoms with Crippen LogP contribution in [0, 0.1) is 11.7 Å². The number of methoxy groups -OCH3 is 1. The van der Waals surface area contributed by atoms with Crippen molar-refractivity contribution in [1.82, 2.24) is 14.9 Å². The summed E-state index contributed by atoms with van der Waals surface area (Å²) in [6.07, 6.45) is 10.2. The first-order valence-electron chi connectivity index (χ1n) is 11.8. The Kier molecular flexibility index (Phi) is 6.83. The number of fused-ring (bicyclic) bond motifs is 2. The predicted molar refractivity (Wildman–Crippen MR) is 136 cm³/mol. The van der Waals surface area contributed by atoms with Crippen molar-refractivity contribution in [3.05, 3.63) is 59.7 Å². The number of aromatic nitrogens is 2. The highest BCUT2D eigenvalue weighted by Crippen LogP contribution is 2.37. The minimum absolute atomic E-state index is 0.00649. The lowest BCUT2D eigenvalue weighted by molar-refractivity contribution is -0.112. The molecule has 1 aliphatic carbocycles. The van der Waals surface area contributed by atoms with Crippen molar-refractivity contribution in [1.29, 1.82) is 0 Å². The molecule has 7 nitrogen and oxygen atoms in total. The Hall–Kier alpha value is -3.23. The van der Waals surface area contributed by atoms with E-state index in [1.54, 1.807) is 24.3 Å². The van der Waals surface area contributed by atoms with E-state index in [4.69, 9.17) is 16.3 Å². The SMILES string of the molecule is COc1cc2ncnc(Nc3ccc(F)c(Cl)c3)c2cc1NC(=O)/C=C/CN1CC2CCCCC21. The number of halogens is 2. The molecule has 0 radical (unpaired) electrons. The number of hydrogen-bond acceptors (Lipinski definition) is 6. The van der Waals surface area contributed by atoms with Gasteiger partial charge in [-0.1, -0.05) is 30.5 Å². The van der Waals surface area contributed by atoms with Gasteiger partial charge in [0.1, 0.15) is 23.7 Å². The van der Waals surface area contributed by atoms with Gasteiger partial charge in [-0.2, -0.15) is 0 Å². The summed E-state index contributed by atoms with van der Waals surface area (Å²) in [6.45, 7) is 1.91. The summed E-state index contributed by atoms with van der Waals surface area (Å²) in [5, 5.41) is 6.71. The maximum absolute atomic E-state index is 13.5. The number of anilines is 3. The third-order valence-corrected chi connectivity index (χ3v) is 7.10. The number of carbonyl (C=O) groups is 1. The second kappa shape index (κ2) is 10.2.